The van der Waals surface area contributed by atoms with E-state index >= 15 is 0 Å². The summed E-state index contributed by atoms with van der Waals surface area (Å²) in [5.74, 6) is 0.392. The van der Waals surface area contributed by atoms with Crippen LogP contribution in [-0.4, -0.2) is 41.1 Å². The number of carbonyl (C=O) groups is 2. The molecule has 2 amide bonds. The number of piperidine rings is 1. The van der Waals surface area contributed by atoms with E-state index in [-0.39, 0.29) is 24.1 Å². The number of carbonyl (C=O) groups excluding carboxylic acids is 2. The van der Waals surface area contributed by atoms with Gasteiger partial charge >= 0.3 is 6.09 Å². The number of ether oxygens (including phenoxy) is 1. The first-order chi connectivity index (χ1) is 12.3. The third kappa shape index (κ3) is 3.16. The molecule has 2 aliphatic rings. The van der Waals surface area contributed by atoms with Crippen molar-refractivity contribution in [1.82, 2.24) is 10.2 Å². The fourth-order valence-corrected chi connectivity index (χ4v) is 3.84. The summed E-state index contributed by atoms with van der Waals surface area (Å²) >= 11 is 0. The second-order valence-corrected chi connectivity index (χ2v) is 8.19. The number of hydrogen-bond acceptors (Lipinski definition) is 4. The normalized spacial score (nSPS) is 24.4. The Morgan fingerprint density at radius 3 is 2.85 bits per heavy atom. The molecule has 0 radical (unpaired) electrons. The zero-order valence-corrected chi connectivity index (χ0v) is 15.3. The summed E-state index contributed by atoms with van der Waals surface area (Å²) in [7, 11) is 0. The Morgan fingerprint density at radius 2 is 2.08 bits per heavy atom. The first-order valence-corrected chi connectivity index (χ1v) is 9.09. The minimum absolute atomic E-state index is 0.0129. The molecule has 1 aromatic heterocycles. The summed E-state index contributed by atoms with van der Waals surface area (Å²) in [4.78, 5) is 27.0. The third-order valence-electron chi connectivity index (χ3n) is 5.05. The van der Waals surface area contributed by atoms with Gasteiger partial charge in [-0.25, -0.2) is 4.79 Å². The van der Waals surface area contributed by atoms with Crippen LogP contribution in [0.3, 0.4) is 0 Å². The smallest absolute Gasteiger partial charge is 0.410 e. The van der Waals surface area contributed by atoms with E-state index in [0.29, 0.717) is 23.6 Å². The van der Waals surface area contributed by atoms with E-state index < -0.39 is 5.60 Å². The molecule has 2 heterocycles. The van der Waals surface area contributed by atoms with Gasteiger partial charge in [-0.2, -0.15) is 0 Å². The molecule has 1 aliphatic carbocycles. The molecule has 1 aromatic carbocycles. The highest BCUT2D eigenvalue weighted by molar-refractivity contribution is 6.05. The SMILES string of the molecule is CC(C)(C)OC(=O)N1C(CNC(=O)c2cccc3occc23)CC2CC21. The van der Waals surface area contributed by atoms with Crippen LogP contribution in [0.1, 0.15) is 44.0 Å². The van der Waals surface area contributed by atoms with Gasteiger partial charge in [0.1, 0.15) is 11.2 Å². The molecular weight excluding hydrogens is 332 g/mol. The van der Waals surface area contributed by atoms with Gasteiger partial charge in [-0.3, -0.25) is 4.79 Å². The van der Waals surface area contributed by atoms with Crippen molar-refractivity contribution in [2.24, 2.45) is 5.92 Å². The van der Waals surface area contributed by atoms with Crippen molar-refractivity contribution >= 4 is 23.0 Å². The van der Waals surface area contributed by atoms with E-state index in [1.165, 1.54) is 0 Å². The minimum atomic E-state index is -0.519. The molecule has 2 aromatic rings. The number of benzene rings is 1. The fourth-order valence-electron chi connectivity index (χ4n) is 3.84. The molecule has 26 heavy (non-hydrogen) atoms. The van der Waals surface area contributed by atoms with Gasteiger partial charge in [-0.15, -0.1) is 0 Å². The lowest BCUT2D eigenvalue weighted by Gasteiger charge is -2.30. The Kier molecular flexibility index (Phi) is 3.93. The molecule has 1 saturated carbocycles. The highest BCUT2D eigenvalue weighted by atomic mass is 16.6. The van der Waals surface area contributed by atoms with Crippen LogP contribution < -0.4 is 5.32 Å². The maximum absolute atomic E-state index is 12.6. The van der Waals surface area contributed by atoms with Crippen molar-refractivity contribution in [3.8, 4) is 0 Å². The Hall–Kier alpha value is -2.50. The van der Waals surface area contributed by atoms with Crippen molar-refractivity contribution in [3.63, 3.8) is 0 Å². The van der Waals surface area contributed by atoms with Crippen molar-refractivity contribution < 1.29 is 18.7 Å². The summed E-state index contributed by atoms with van der Waals surface area (Å²) < 4.78 is 10.9. The molecule has 1 N–H and O–H groups in total. The molecule has 1 saturated heterocycles. The number of furan rings is 1. The Labute approximate surface area is 152 Å². The van der Waals surface area contributed by atoms with E-state index in [2.05, 4.69) is 5.32 Å². The van der Waals surface area contributed by atoms with Crippen LogP contribution in [0.2, 0.25) is 0 Å². The van der Waals surface area contributed by atoms with Crippen LogP contribution in [0.25, 0.3) is 11.0 Å². The van der Waals surface area contributed by atoms with Crippen molar-refractivity contribution in [3.05, 3.63) is 36.1 Å². The van der Waals surface area contributed by atoms with Gasteiger partial charge in [-0.1, -0.05) is 6.07 Å². The van der Waals surface area contributed by atoms with E-state index in [0.717, 1.165) is 18.2 Å². The Balaban J connectivity index is 1.43. The molecule has 3 atom stereocenters. The average molecular weight is 356 g/mol. The van der Waals surface area contributed by atoms with E-state index in [4.69, 9.17) is 9.15 Å². The molecule has 0 spiro atoms. The van der Waals surface area contributed by atoms with Gasteiger partial charge in [0, 0.05) is 18.0 Å². The second kappa shape index (κ2) is 6.04. The zero-order valence-electron chi connectivity index (χ0n) is 15.3. The molecule has 3 unspecified atom stereocenters. The largest absolute Gasteiger partial charge is 0.464 e. The molecular formula is C20H24N2O4. The summed E-state index contributed by atoms with van der Waals surface area (Å²) in [6.45, 7) is 6.04. The van der Waals surface area contributed by atoms with Crippen molar-refractivity contribution in [2.75, 3.05) is 6.54 Å². The van der Waals surface area contributed by atoms with Gasteiger partial charge < -0.3 is 19.4 Å². The maximum atomic E-state index is 12.6. The molecule has 6 nitrogen and oxygen atoms in total. The Bertz CT molecular complexity index is 851. The number of rotatable bonds is 3. The van der Waals surface area contributed by atoms with E-state index in [1.54, 1.807) is 24.5 Å². The summed E-state index contributed by atoms with van der Waals surface area (Å²) in [6, 6.07) is 7.47. The van der Waals surface area contributed by atoms with Gasteiger partial charge in [0.25, 0.3) is 5.91 Å². The summed E-state index contributed by atoms with van der Waals surface area (Å²) in [5.41, 5.74) is 0.757. The lowest BCUT2D eigenvalue weighted by atomic mass is 10.1. The number of hydrogen-bond donors (Lipinski definition) is 1. The monoisotopic (exact) mass is 356 g/mol. The van der Waals surface area contributed by atoms with Crippen LogP contribution in [0.5, 0.6) is 0 Å². The molecule has 1 aliphatic heterocycles. The predicted octanol–water partition coefficient (Wildman–Crippen LogP) is 3.56. The summed E-state index contributed by atoms with van der Waals surface area (Å²) in [6.07, 6.45) is 3.26. The van der Waals surface area contributed by atoms with Crippen LogP contribution in [0.4, 0.5) is 4.79 Å². The standard InChI is InChI=1S/C20H24N2O4/c1-20(2,3)26-19(24)22-13(9-12-10-16(12)22)11-21-18(23)15-5-4-6-17-14(15)7-8-25-17/h4-8,12-13,16H,9-11H2,1-3H3,(H,21,23). The van der Waals surface area contributed by atoms with Gasteiger partial charge in [0.2, 0.25) is 0 Å². The highest BCUT2D eigenvalue weighted by Crippen LogP contribution is 2.48. The van der Waals surface area contributed by atoms with E-state index in [1.807, 2.05) is 31.7 Å². The lowest BCUT2D eigenvalue weighted by Crippen LogP contribution is -2.47. The van der Waals surface area contributed by atoms with Crippen LogP contribution in [0.15, 0.2) is 34.9 Å². The first-order valence-electron chi connectivity index (χ1n) is 9.09. The first kappa shape index (κ1) is 16.9. The van der Waals surface area contributed by atoms with Crippen LogP contribution in [0, 0.1) is 5.92 Å². The van der Waals surface area contributed by atoms with Gasteiger partial charge in [-0.05, 0) is 57.7 Å². The Morgan fingerprint density at radius 1 is 1.27 bits per heavy atom. The summed E-state index contributed by atoms with van der Waals surface area (Å²) in [5, 5.41) is 3.78. The van der Waals surface area contributed by atoms with E-state index in [9.17, 15) is 9.59 Å². The highest BCUT2D eigenvalue weighted by Gasteiger charge is 2.54. The van der Waals surface area contributed by atoms with Gasteiger partial charge in [0.05, 0.1) is 17.9 Å². The number of amides is 2. The quantitative estimate of drug-likeness (QED) is 0.913. The van der Waals surface area contributed by atoms with Crippen molar-refractivity contribution in [2.45, 2.75) is 51.3 Å². The third-order valence-corrected chi connectivity index (χ3v) is 5.05. The molecule has 4 rings (SSSR count). The van der Waals surface area contributed by atoms with Crippen molar-refractivity contribution in [1.29, 1.82) is 0 Å². The topological polar surface area (TPSA) is 71.8 Å². The molecule has 0 bridgehead atoms. The number of likely N-dealkylation sites (tertiary alicyclic amines) is 1. The lowest BCUT2D eigenvalue weighted by molar-refractivity contribution is 0.0183. The molecule has 138 valence electrons. The molecule has 2 fully saturated rings. The number of fused-ring (bicyclic) bond motifs is 2. The number of nitrogens with one attached hydrogen (secondary N) is 1. The fraction of sp³-hybridized carbons (Fsp3) is 0.500. The van der Waals surface area contributed by atoms with Crippen LogP contribution >= 0.6 is 0 Å². The maximum Gasteiger partial charge on any atom is 0.410 e. The van der Waals surface area contributed by atoms with Gasteiger partial charge in [0.15, 0.2) is 0 Å². The van der Waals surface area contributed by atoms with Crippen LogP contribution in [-0.2, 0) is 4.74 Å². The minimum Gasteiger partial charge on any atom is -0.464 e. The molecule has 6 heteroatoms. The second-order valence-electron chi connectivity index (χ2n) is 8.19. The number of nitrogens with zero attached hydrogens (tertiary/aromatic N) is 1. The predicted molar refractivity (Wildman–Crippen MR) is 96.9 cm³/mol. The average Bonchev–Trinajstić information content (AvgIpc) is 3.01. The zero-order chi connectivity index (χ0) is 18.5.